The van der Waals surface area contributed by atoms with Crippen LogP contribution < -0.4 is 14.8 Å². The van der Waals surface area contributed by atoms with E-state index in [1.54, 1.807) is 0 Å². The number of rotatable bonds is 5. The molecule has 0 bridgehead atoms. The second-order valence-corrected chi connectivity index (χ2v) is 6.79. The van der Waals surface area contributed by atoms with E-state index in [1.807, 2.05) is 26.0 Å². The summed E-state index contributed by atoms with van der Waals surface area (Å²) >= 11 is 3.21. The van der Waals surface area contributed by atoms with Crippen LogP contribution >= 0.6 is 15.9 Å². The summed E-state index contributed by atoms with van der Waals surface area (Å²) in [7, 11) is 0. The highest BCUT2D eigenvalue weighted by Gasteiger charge is 2.22. The molecule has 1 amide bonds. The first-order chi connectivity index (χ1) is 12.0. The fraction of sp³-hybridized carbons (Fsp3) is 0.316. The molecular formula is C19H19BrFNO3. The van der Waals surface area contributed by atoms with Gasteiger partial charge < -0.3 is 14.8 Å². The topological polar surface area (TPSA) is 47.6 Å². The summed E-state index contributed by atoms with van der Waals surface area (Å²) < 4.78 is 25.1. The zero-order chi connectivity index (χ0) is 18.0. The number of benzene rings is 2. The molecule has 1 aliphatic rings. The smallest absolute Gasteiger partial charge is 0.252 e. The van der Waals surface area contributed by atoms with Crippen LogP contribution in [-0.2, 0) is 13.0 Å². The first-order valence-electron chi connectivity index (χ1n) is 8.16. The van der Waals surface area contributed by atoms with Crippen molar-refractivity contribution in [1.82, 2.24) is 5.32 Å². The van der Waals surface area contributed by atoms with E-state index in [0.717, 1.165) is 29.0 Å². The van der Waals surface area contributed by atoms with Gasteiger partial charge in [0.05, 0.1) is 12.2 Å². The van der Waals surface area contributed by atoms with Crippen molar-refractivity contribution < 1.29 is 18.7 Å². The van der Waals surface area contributed by atoms with E-state index < -0.39 is 5.82 Å². The lowest BCUT2D eigenvalue weighted by Gasteiger charge is -2.14. The zero-order valence-electron chi connectivity index (χ0n) is 14.1. The number of fused-ring (bicyclic) bond motifs is 1. The molecule has 0 saturated carbocycles. The molecule has 1 aliphatic heterocycles. The van der Waals surface area contributed by atoms with Gasteiger partial charge in [0.2, 0.25) is 0 Å². The third-order valence-corrected chi connectivity index (χ3v) is 4.65. The molecule has 3 rings (SSSR count). The Labute approximate surface area is 154 Å². The maximum atomic E-state index is 13.2. The molecule has 132 valence electrons. The quantitative estimate of drug-likeness (QED) is 0.805. The highest BCUT2D eigenvalue weighted by Crippen LogP contribution is 2.35. The first-order valence-corrected chi connectivity index (χ1v) is 8.95. The van der Waals surface area contributed by atoms with E-state index >= 15 is 0 Å². The minimum Gasteiger partial charge on any atom is -0.494 e. The van der Waals surface area contributed by atoms with Crippen LogP contribution in [0.3, 0.4) is 0 Å². The van der Waals surface area contributed by atoms with E-state index in [-0.39, 0.29) is 12.0 Å². The fourth-order valence-corrected chi connectivity index (χ4v) is 3.38. The van der Waals surface area contributed by atoms with Crippen molar-refractivity contribution in [2.24, 2.45) is 0 Å². The Morgan fingerprint density at radius 1 is 1.40 bits per heavy atom. The zero-order valence-corrected chi connectivity index (χ0v) is 15.7. The van der Waals surface area contributed by atoms with Crippen LogP contribution in [0, 0.1) is 5.82 Å². The molecule has 0 fully saturated rings. The van der Waals surface area contributed by atoms with Crippen molar-refractivity contribution in [3.63, 3.8) is 0 Å². The number of amides is 1. The van der Waals surface area contributed by atoms with E-state index in [0.29, 0.717) is 23.2 Å². The maximum Gasteiger partial charge on any atom is 0.252 e. The van der Waals surface area contributed by atoms with Gasteiger partial charge in [0.15, 0.2) is 0 Å². The van der Waals surface area contributed by atoms with E-state index in [1.165, 1.54) is 18.2 Å². The van der Waals surface area contributed by atoms with Gasteiger partial charge in [0, 0.05) is 28.6 Å². The van der Waals surface area contributed by atoms with Gasteiger partial charge in [0.25, 0.3) is 5.91 Å². The summed E-state index contributed by atoms with van der Waals surface area (Å²) in [4.78, 5) is 12.4. The molecule has 4 nitrogen and oxygen atoms in total. The molecule has 6 heteroatoms. The second kappa shape index (κ2) is 7.44. The van der Waals surface area contributed by atoms with Crippen LogP contribution in [0.5, 0.6) is 11.5 Å². The lowest BCUT2D eigenvalue weighted by Crippen LogP contribution is -2.23. The van der Waals surface area contributed by atoms with Crippen LogP contribution in [0.4, 0.5) is 4.39 Å². The van der Waals surface area contributed by atoms with Crippen molar-refractivity contribution in [1.29, 1.82) is 0 Å². The third-order valence-electron chi connectivity index (χ3n) is 3.99. The second-order valence-electron chi connectivity index (χ2n) is 5.94. The number of nitrogens with one attached hydrogen (secondary N) is 1. The Bertz CT molecular complexity index is 809. The molecule has 0 spiro atoms. The number of hydrogen-bond acceptors (Lipinski definition) is 3. The van der Waals surface area contributed by atoms with Crippen LogP contribution in [0.2, 0.25) is 0 Å². The number of ether oxygens (including phenoxy) is 2. The molecule has 2 aromatic carbocycles. The number of halogens is 2. The Kier molecular flexibility index (Phi) is 5.27. The maximum absolute atomic E-state index is 13.2. The molecule has 1 unspecified atom stereocenters. The van der Waals surface area contributed by atoms with Crippen LogP contribution in [0.1, 0.15) is 35.3 Å². The van der Waals surface area contributed by atoms with Crippen molar-refractivity contribution in [2.75, 3.05) is 6.61 Å². The highest BCUT2D eigenvalue weighted by atomic mass is 79.9. The van der Waals surface area contributed by atoms with Crippen molar-refractivity contribution in [2.45, 2.75) is 32.9 Å². The SMILES string of the molecule is CCOc1cc2c(cc1CNC(=O)c1ccc(F)cc1Br)OC(C)C2. The molecule has 1 heterocycles. The van der Waals surface area contributed by atoms with E-state index in [9.17, 15) is 9.18 Å². The largest absolute Gasteiger partial charge is 0.494 e. The molecule has 1 atom stereocenters. The normalized spacial score (nSPS) is 15.4. The molecule has 0 aromatic heterocycles. The van der Waals surface area contributed by atoms with Gasteiger partial charge in [-0.2, -0.15) is 0 Å². The van der Waals surface area contributed by atoms with Gasteiger partial charge in [-0.15, -0.1) is 0 Å². The van der Waals surface area contributed by atoms with Crippen molar-refractivity contribution in [3.05, 3.63) is 57.3 Å². The molecule has 25 heavy (non-hydrogen) atoms. The van der Waals surface area contributed by atoms with Crippen LogP contribution in [0.15, 0.2) is 34.8 Å². The average Bonchev–Trinajstić information content (AvgIpc) is 2.91. The lowest BCUT2D eigenvalue weighted by molar-refractivity contribution is 0.0949. The molecule has 0 saturated heterocycles. The van der Waals surface area contributed by atoms with Gasteiger partial charge in [-0.05, 0) is 60.1 Å². The molecule has 2 aromatic rings. The number of carbonyl (C=O) groups excluding carboxylic acids is 1. The summed E-state index contributed by atoms with van der Waals surface area (Å²) in [5.74, 6) is 0.900. The standard InChI is InChI=1S/C19H19BrFNO3/c1-3-24-17-7-12-6-11(2)25-18(12)8-13(17)10-22-19(23)15-5-4-14(21)9-16(15)20/h4-5,7-9,11H,3,6,10H2,1-2H3,(H,22,23). The predicted octanol–water partition coefficient (Wildman–Crippen LogP) is 4.24. The molecule has 0 aliphatic carbocycles. The molecular weight excluding hydrogens is 389 g/mol. The Balaban J connectivity index is 1.78. The van der Waals surface area contributed by atoms with Crippen molar-refractivity contribution >= 4 is 21.8 Å². The van der Waals surface area contributed by atoms with Gasteiger partial charge in [-0.25, -0.2) is 4.39 Å². The summed E-state index contributed by atoms with van der Waals surface area (Å²) in [5, 5.41) is 2.85. The van der Waals surface area contributed by atoms with Gasteiger partial charge in [-0.1, -0.05) is 0 Å². The number of carbonyl (C=O) groups is 1. The minimum absolute atomic E-state index is 0.143. The summed E-state index contributed by atoms with van der Waals surface area (Å²) in [6.45, 7) is 4.78. The lowest BCUT2D eigenvalue weighted by atomic mass is 10.1. The predicted molar refractivity (Wildman–Crippen MR) is 96.7 cm³/mol. The minimum atomic E-state index is -0.396. The molecule has 1 N–H and O–H groups in total. The summed E-state index contributed by atoms with van der Waals surface area (Å²) in [5.41, 5.74) is 2.35. The van der Waals surface area contributed by atoms with E-state index in [4.69, 9.17) is 9.47 Å². The Morgan fingerprint density at radius 3 is 2.92 bits per heavy atom. The van der Waals surface area contributed by atoms with Crippen LogP contribution in [-0.4, -0.2) is 18.6 Å². The van der Waals surface area contributed by atoms with E-state index in [2.05, 4.69) is 21.2 Å². The Morgan fingerprint density at radius 2 is 2.20 bits per heavy atom. The third kappa shape index (κ3) is 3.95. The van der Waals surface area contributed by atoms with Crippen molar-refractivity contribution in [3.8, 4) is 11.5 Å². The number of hydrogen-bond donors (Lipinski definition) is 1. The fourth-order valence-electron chi connectivity index (χ4n) is 2.85. The average molecular weight is 408 g/mol. The van der Waals surface area contributed by atoms with Gasteiger partial charge >= 0.3 is 0 Å². The highest BCUT2D eigenvalue weighted by molar-refractivity contribution is 9.10. The van der Waals surface area contributed by atoms with Gasteiger partial charge in [-0.3, -0.25) is 4.79 Å². The van der Waals surface area contributed by atoms with Gasteiger partial charge in [0.1, 0.15) is 23.4 Å². The molecule has 0 radical (unpaired) electrons. The first kappa shape index (κ1) is 17.7. The monoisotopic (exact) mass is 407 g/mol. The summed E-state index contributed by atoms with van der Waals surface area (Å²) in [6.07, 6.45) is 0.995. The van der Waals surface area contributed by atoms with Crippen LogP contribution in [0.25, 0.3) is 0 Å². The summed E-state index contributed by atoms with van der Waals surface area (Å²) in [6, 6.07) is 7.88. The Hall–Kier alpha value is -2.08.